The Hall–Kier alpha value is -1.72. The van der Waals surface area contributed by atoms with E-state index in [9.17, 15) is 0 Å². The van der Waals surface area contributed by atoms with Crippen LogP contribution in [0.1, 0.15) is 102 Å². The Kier molecular flexibility index (Phi) is 19.7. The van der Waals surface area contributed by atoms with Crippen LogP contribution in [0.3, 0.4) is 0 Å². The van der Waals surface area contributed by atoms with Gasteiger partial charge in [0.25, 0.3) is 0 Å². The van der Waals surface area contributed by atoms with Crippen LogP contribution in [0.25, 0.3) is 11.1 Å². The van der Waals surface area contributed by atoms with Crippen LogP contribution < -0.4 is 0 Å². The zero-order valence-electron chi connectivity index (χ0n) is 26.5. The number of hydrogen-bond acceptors (Lipinski definition) is 4. The van der Waals surface area contributed by atoms with Crippen LogP contribution in [0, 0.1) is 0 Å². The van der Waals surface area contributed by atoms with Gasteiger partial charge in [0.2, 0.25) is 0 Å². The number of rotatable bonds is 25. The average molecular weight is 553 g/mol. The first-order valence-corrected chi connectivity index (χ1v) is 16.3. The average Bonchev–Trinajstić information content (AvgIpc) is 2.97. The molecular formula is C36H60N2O2. The van der Waals surface area contributed by atoms with Gasteiger partial charge in [-0.2, -0.15) is 0 Å². The zero-order valence-corrected chi connectivity index (χ0v) is 26.5. The molecule has 226 valence electrons. The topological polar surface area (TPSA) is 24.9 Å². The molecule has 0 saturated carbocycles. The maximum atomic E-state index is 6.16. The Bertz CT molecular complexity index is 800. The van der Waals surface area contributed by atoms with Crippen LogP contribution in [-0.2, 0) is 22.7 Å². The number of nitrogens with zero attached hydrogens (tertiary/aromatic N) is 2. The Balaban J connectivity index is 1.74. The summed E-state index contributed by atoms with van der Waals surface area (Å²) in [7, 11) is 4.43. The second kappa shape index (κ2) is 22.9. The van der Waals surface area contributed by atoms with E-state index in [0.29, 0.717) is 13.2 Å². The van der Waals surface area contributed by atoms with Gasteiger partial charge in [-0.1, -0.05) is 127 Å². The van der Waals surface area contributed by atoms with Crippen molar-refractivity contribution in [3.63, 3.8) is 0 Å². The van der Waals surface area contributed by atoms with E-state index < -0.39 is 0 Å². The van der Waals surface area contributed by atoms with Gasteiger partial charge in [-0.15, -0.1) is 0 Å². The summed E-state index contributed by atoms with van der Waals surface area (Å²) in [5.74, 6) is 0. The monoisotopic (exact) mass is 552 g/mol. The van der Waals surface area contributed by atoms with Crippen molar-refractivity contribution in [2.24, 2.45) is 0 Å². The molecule has 0 spiro atoms. The van der Waals surface area contributed by atoms with Crippen LogP contribution in [0.5, 0.6) is 0 Å². The van der Waals surface area contributed by atoms with E-state index >= 15 is 0 Å². The first-order valence-electron chi connectivity index (χ1n) is 16.3. The van der Waals surface area contributed by atoms with Gasteiger partial charge in [0.05, 0.1) is 26.4 Å². The molecule has 2 aromatic carbocycles. The molecule has 0 aromatic heterocycles. The first-order chi connectivity index (χ1) is 19.7. The summed E-state index contributed by atoms with van der Waals surface area (Å²) >= 11 is 0. The fourth-order valence-electron chi connectivity index (χ4n) is 5.17. The van der Waals surface area contributed by atoms with E-state index in [1.807, 2.05) is 0 Å². The van der Waals surface area contributed by atoms with Gasteiger partial charge >= 0.3 is 0 Å². The van der Waals surface area contributed by atoms with Gasteiger partial charge in [-0.3, -0.25) is 0 Å². The molecule has 0 radical (unpaired) electrons. The maximum absolute atomic E-state index is 6.16. The van der Waals surface area contributed by atoms with E-state index in [0.717, 1.165) is 39.4 Å². The highest BCUT2D eigenvalue weighted by atomic mass is 16.5. The molecule has 2 rings (SSSR count). The van der Waals surface area contributed by atoms with Crippen LogP contribution in [0.4, 0.5) is 0 Å². The van der Waals surface area contributed by atoms with Gasteiger partial charge in [-0.05, 0) is 62.3 Å². The van der Waals surface area contributed by atoms with Crippen molar-refractivity contribution in [2.75, 3.05) is 53.5 Å². The third kappa shape index (κ3) is 15.3. The predicted octanol–water partition coefficient (Wildman–Crippen LogP) is 8.97. The lowest BCUT2D eigenvalue weighted by atomic mass is 9.96. The van der Waals surface area contributed by atoms with Gasteiger partial charge in [0.1, 0.15) is 0 Å². The van der Waals surface area contributed by atoms with Crippen molar-refractivity contribution in [1.29, 1.82) is 0 Å². The molecule has 0 aliphatic rings. The predicted molar refractivity (Wildman–Crippen MR) is 173 cm³/mol. The molecule has 0 fully saturated rings. The molecule has 0 unspecified atom stereocenters. The Morgan fingerprint density at radius 2 is 0.850 bits per heavy atom. The van der Waals surface area contributed by atoms with Crippen molar-refractivity contribution in [2.45, 2.75) is 104 Å². The molecule has 0 bridgehead atoms. The molecule has 4 heteroatoms. The molecule has 2 aromatic rings. The Morgan fingerprint density at radius 1 is 0.475 bits per heavy atom. The fourth-order valence-corrected chi connectivity index (χ4v) is 5.17. The quantitative estimate of drug-likeness (QED) is 0.115. The van der Waals surface area contributed by atoms with Crippen molar-refractivity contribution >= 4 is 0 Å². The standard InChI is InChI=1S/C36H60N2O2/c1-5-7-9-11-13-19-25-37(3)27-29-39-31-33-21-15-17-23-35(33)36-24-18-16-22-34(36)32-40-30-28-38(4)26-20-14-12-10-8-6-2/h15-18,21-24H,5-14,19-20,25-32H2,1-4H3. The largest absolute Gasteiger partial charge is 0.375 e. The van der Waals surface area contributed by atoms with E-state index in [1.165, 1.54) is 99.3 Å². The van der Waals surface area contributed by atoms with Gasteiger partial charge in [0.15, 0.2) is 0 Å². The van der Waals surface area contributed by atoms with E-state index in [2.05, 4.69) is 86.3 Å². The highest BCUT2D eigenvalue weighted by molar-refractivity contribution is 5.70. The minimum absolute atomic E-state index is 0.638. The molecule has 0 amide bonds. The van der Waals surface area contributed by atoms with Gasteiger partial charge < -0.3 is 19.3 Å². The minimum atomic E-state index is 0.638. The molecular weight excluding hydrogens is 492 g/mol. The van der Waals surface area contributed by atoms with Crippen LogP contribution in [-0.4, -0.2) is 63.3 Å². The van der Waals surface area contributed by atoms with Crippen LogP contribution in [0.15, 0.2) is 48.5 Å². The van der Waals surface area contributed by atoms with Crippen molar-refractivity contribution in [3.05, 3.63) is 59.7 Å². The summed E-state index contributed by atoms with van der Waals surface area (Å²) in [4.78, 5) is 4.81. The van der Waals surface area contributed by atoms with E-state index in [-0.39, 0.29) is 0 Å². The lowest BCUT2D eigenvalue weighted by molar-refractivity contribution is 0.0985. The maximum Gasteiger partial charge on any atom is 0.0723 e. The highest BCUT2D eigenvalue weighted by Gasteiger charge is 2.10. The van der Waals surface area contributed by atoms with Gasteiger partial charge in [-0.25, -0.2) is 0 Å². The van der Waals surface area contributed by atoms with Gasteiger partial charge in [0, 0.05) is 13.1 Å². The second-order valence-electron chi connectivity index (χ2n) is 11.6. The van der Waals surface area contributed by atoms with E-state index in [4.69, 9.17) is 9.47 Å². The fraction of sp³-hybridized carbons (Fsp3) is 0.667. The summed E-state index contributed by atoms with van der Waals surface area (Å²) in [5, 5.41) is 0. The lowest BCUT2D eigenvalue weighted by Gasteiger charge is -2.18. The van der Waals surface area contributed by atoms with E-state index in [1.54, 1.807) is 0 Å². The molecule has 0 aliphatic carbocycles. The third-order valence-electron chi connectivity index (χ3n) is 7.86. The molecule has 4 nitrogen and oxygen atoms in total. The van der Waals surface area contributed by atoms with Crippen molar-refractivity contribution in [3.8, 4) is 11.1 Å². The van der Waals surface area contributed by atoms with Crippen molar-refractivity contribution in [1.82, 2.24) is 9.80 Å². The second-order valence-corrected chi connectivity index (χ2v) is 11.6. The molecule has 0 atom stereocenters. The van der Waals surface area contributed by atoms with Crippen LogP contribution in [0.2, 0.25) is 0 Å². The Labute approximate surface area is 247 Å². The highest BCUT2D eigenvalue weighted by Crippen LogP contribution is 2.28. The van der Waals surface area contributed by atoms with Crippen LogP contribution >= 0.6 is 0 Å². The molecule has 0 heterocycles. The minimum Gasteiger partial charge on any atom is -0.375 e. The first kappa shape index (κ1) is 34.5. The normalized spacial score (nSPS) is 11.7. The third-order valence-corrected chi connectivity index (χ3v) is 7.86. The molecule has 0 saturated heterocycles. The summed E-state index contributed by atoms with van der Waals surface area (Å²) in [6.07, 6.45) is 16.2. The SMILES string of the molecule is CCCCCCCCN(C)CCOCc1ccccc1-c1ccccc1COCCN(C)CCCCCCCC. The summed E-state index contributed by atoms with van der Waals surface area (Å²) in [5.41, 5.74) is 4.99. The number of ether oxygens (including phenoxy) is 2. The molecule has 40 heavy (non-hydrogen) atoms. The summed E-state index contributed by atoms with van der Waals surface area (Å²) in [6, 6.07) is 17.3. The Morgan fingerprint density at radius 3 is 1.27 bits per heavy atom. The number of hydrogen-bond donors (Lipinski definition) is 0. The zero-order chi connectivity index (χ0) is 28.7. The van der Waals surface area contributed by atoms with Crippen molar-refractivity contribution < 1.29 is 9.47 Å². The molecule has 0 N–H and O–H groups in total. The summed E-state index contributed by atoms with van der Waals surface area (Å²) in [6.45, 7) is 11.6. The smallest absolute Gasteiger partial charge is 0.0723 e. The number of benzene rings is 2. The lowest BCUT2D eigenvalue weighted by Crippen LogP contribution is -2.24. The number of likely N-dealkylation sites (N-methyl/N-ethyl adjacent to an activating group) is 2. The number of unbranched alkanes of at least 4 members (excludes halogenated alkanes) is 10. The summed E-state index contributed by atoms with van der Waals surface area (Å²) < 4.78 is 12.3. The molecule has 0 aliphatic heterocycles.